The molecular formula is C17H26N2O. The van der Waals surface area contributed by atoms with Gasteiger partial charge in [0.25, 0.3) is 0 Å². The summed E-state index contributed by atoms with van der Waals surface area (Å²) in [5, 5.41) is 3.50. The van der Waals surface area contributed by atoms with Gasteiger partial charge in [-0.25, -0.2) is 0 Å². The van der Waals surface area contributed by atoms with Gasteiger partial charge in [-0.05, 0) is 62.0 Å². The standard InChI is InChI=1S/C17H26N2O/c1-3-19(16-8-9-18-12-16)15-6-4-13-5-7-17(20-2)11-14(13)10-15/h5,7,11,15-16,18H,3-4,6,8-10,12H2,1-2H3. The van der Waals surface area contributed by atoms with Crippen molar-refractivity contribution < 1.29 is 4.74 Å². The minimum absolute atomic E-state index is 0.699. The van der Waals surface area contributed by atoms with Crippen LogP contribution in [0.4, 0.5) is 0 Å². The molecule has 2 aliphatic rings. The van der Waals surface area contributed by atoms with Gasteiger partial charge in [-0.3, -0.25) is 4.90 Å². The van der Waals surface area contributed by atoms with Crippen LogP contribution in [0.25, 0.3) is 0 Å². The third kappa shape index (κ3) is 2.70. The first kappa shape index (κ1) is 13.9. The summed E-state index contributed by atoms with van der Waals surface area (Å²) in [6.07, 6.45) is 4.98. The van der Waals surface area contributed by atoms with Crippen molar-refractivity contribution in [3.63, 3.8) is 0 Å². The third-order valence-electron chi connectivity index (χ3n) is 4.95. The van der Waals surface area contributed by atoms with E-state index in [1.54, 1.807) is 7.11 Å². The van der Waals surface area contributed by atoms with Crippen LogP contribution in [0.3, 0.4) is 0 Å². The molecule has 0 saturated carbocycles. The number of rotatable bonds is 4. The Morgan fingerprint density at radius 3 is 2.85 bits per heavy atom. The lowest BCUT2D eigenvalue weighted by molar-refractivity contribution is 0.138. The predicted molar refractivity (Wildman–Crippen MR) is 82.5 cm³/mol. The van der Waals surface area contributed by atoms with E-state index in [0.29, 0.717) is 6.04 Å². The summed E-state index contributed by atoms with van der Waals surface area (Å²) in [4.78, 5) is 2.72. The largest absolute Gasteiger partial charge is 0.497 e. The number of nitrogens with one attached hydrogen (secondary N) is 1. The predicted octanol–water partition coefficient (Wildman–Crippen LogP) is 2.24. The number of fused-ring (bicyclic) bond motifs is 1. The van der Waals surface area contributed by atoms with Gasteiger partial charge in [-0.2, -0.15) is 0 Å². The first-order chi connectivity index (χ1) is 9.81. The van der Waals surface area contributed by atoms with Gasteiger partial charge in [0.15, 0.2) is 0 Å². The van der Waals surface area contributed by atoms with Crippen LogP contribution in [0.15, 0.2) is 18.2 Å². The number of methoxy groups -OCH3 is 1. The minimum atomic E-state index is 0.699. The van der Waals surface area contributed by atoms with E-state index >= 15 is 0 Å². The van der Waals surface area contributed by atoms with Crippen LogP contribution in [-0.4, -0.2) is 43.7 Å². The van der Waals surface area contributed by atoms with E-state index in [1.165, 1.54) is 43.4 Å². The molecule has 0 radical (unpaired) electrons. The second-order valence-corrected chi connectivity index (χ2v) is 6.01. The molecule has 1 heterocycles. The molecule has 1 aliphatic heterocycles. The lowest BCUT2D eigenvalue weighted by atomic mass is 9.86. The van der Waals surface area contributed by atoms with Crippen LogP contribution in [0.2, 0.25) is 0 Å². The summed E-state index contributed by atoms with van der Waals surface area (Å²) in [5.41, 5.74) is 3.01. The van der Waals surface area contributed by atoms with Crippen molar-refractivity contribution in [3.8, 4) is 5.75 Å². The number of likely N-dealkylation sites (N-methyl/N-ethyl adjacent to an activating group) is 1. The Labute approximate surface area is 122 Å². The molecule has 0 amide bonds. The van der Waals surface area contributed by atoms with E-state index in [2.05, 4.69) is 35.3 Å². The molecule has 3 heteroatoms. The average Bonchev–Trinajstić information content (AvgIpc) is 3.01. The van der Waals surface area contributed by atoms with Crippen LogP contribution in [0.1, 0.15) is 30.9 Å². The average molecular weight is 274 g/mol. The van der Waals surface area contributed by atoms with Crippen molar-refractivity contribution in [1.82, 2.24) is 10.2 Å². The first-order valence-electron chi connectivity index (χ1n) is 7.94. The zero-order chi connectivity index (χ0) is 13.9. The SMILES string of the molecule is CCN(C1CCNC1)C1CCc2ccc(OC)cc2C1. The van der Waals surface area contributed by atoms with Crippen molar-refractivity contribution in [2.75, 3.05) is 26.7 Å². The zero-order valence-corrected chi connectivity index (χ0v) is 12.7. The molecule has 1 fully saturated rings. The van der Waals surface area contributed by atoms with Gasteiger partial charge in [0.05, 0.1) is 7.11 Å². The number of benzene rings is 1. The molecule has 1 N–H and O–H groups in total. The smallest absolute Gasteiger partial charge is 0.119 e. The molecule has 3 nitrogen and oxygen atoms in total. The van der Waals surface area contributed by atoms with Crippen molar-refractivity contribution in [1.29, 1.82) is 0 Å². The van der Waals surface area contributed by atoms with E-state index in [1.807, 2.05) is 0 Å². The number of nitrogens with zero attached hydrogens (tertiary/aromatic N) is 1. The molecule has 0 bridgehead atoms. The van der Waals surface area contributed by atoms with E-state index in [-0.39, 0.29) is 0 Å². The maximum atomic E-state index is 5.38. The molecule has 0 spiro atoms. The van der Waals surface area contributed by atoms with Gasteiger partial charge >= 0.3 is 0 Å². The fourth-order valence-electron chi connectivity index (χ4n) is 3.86. The molecule has 0 aromatic heterocycles. The molecule has 1 saturated heterocycles. The summed E-state index contributed by atoms with van der Waals surface area (Å²) < 4.78 is 5.38. The lowest BCUT2D eigenvalue weighted by Gasteiger charge is -2.38. The van der Waals surface area contributed by atoms with Gasteiger partial charge in [-0.1, -0.05) is 13.0 Å². The fraction of sp³-hybridized carbons (Fsp3) is 0.647. The maximum absolute atomic E-state index is 5.38. The Hall–Kier alpha value is -1.06. The van der Waals surface area contributed by atoms with Crippen molar-refractivity contribution in [2.45, 2.75) is 44.7 Å². The van der Waals surface area contributed by atoms with E-state index in [4.69, 9.17) is 4.74 Å². The van der Waals surface area contributed by atoms with Crippen LogP contribution >= 0.6 is 0 Å². The molecule has 20 heavy (non-hydrogen) atoms. The van der Waals surface area contributed by atoms with E-state index < -0.39 is 0 Å². The summed E-state index contributed by atoms with van der Waals surface area (Å²) >= 11 is 0. The quantitative estimate of drug-likeness (QED) is 0.911. The normalized spacial score (nSPS) is 25.8. The molecule has 110 valence electrons. The van der Waals surface area contributed by atoms with Crippen LogP contribution < -0.4 is 10.1 Å². The monoisotopic (exact) mass is 274 g/mol. The highest BCUT2D eigenvalue weighted by Crippen LogP contribution is 2.29. The van der Waals surface area contributed by atoms with Crippen LogP contribution in [-0.2, 0) is 12.8 Å². The third-order valence-corrected chi connectivity index (χ3v) is 4.95. The summed E-state index contributed by atoms with van der Waals surface area (Å²) in [7, 11) is 1.75. The van der Waals surface area contributed by atoms with E-state index in [9.17, 15) is 0 Å². The first-order valence-corrected chi connectivity index (χ1v) is 7.94. The summed E-state index contributed by atoms with van der Waals surface area (Å²) in [6, 6.07) is 8.01. The van der Waals surface area contributed by atoms with Gasteiger partial charge in [-0.15, -0.1) is 0 Å². The molecule has 1 aromatic carbocycles. The van der Waals surface area contributed by atoms with Gasteiger partial charge in [0, 0.05) is 18.6 Å². The highest BCUT2D eigenvalue weighted by atomic mass is 16.5. The molecule has 2 unspecified atom stereocenters. The number of aryl methyl sites for hydroxylation is 1. The van der Waals surface area contributed by atoms with Crippen LogP contribution in [0, 0.1) is 0 Å². The molecule has 2 atom stereocenters. The Morgan fingerprint density at radius 1 is 1.25 bits per heavy atom. The van der Waals surface area contributed by atoms with E-state index in [0.717, 1.165) is 24.9 Å². The van der Waals surface area contributed by atoms with Crippen molar-refractivity contribution >= 4 is 0 Å². The molecule has 3 rings (SSSR count). The van der Waals surface area contributed by atoms with Crippen molar-refractivity contribution in [3.05, 3.63) is 29.3 Å². The number of ether oxygens (including phenoxy) is 1. The number of hydrogen-bond acceptors (Lipinski definition) is 3. The molecule has 1 aromatic rings. The second kappa shape index (κ2) is 6.15. The van der Waals surface area contributed by atoms with Gasteiger partial charge in [0.2, 0.25) is 0 Å². The zero-order valence-electron chi connectivity index (χ0n) is 12.7. The summed E-state index contributed by atoms with van der Waals surface area (Å²) in [6.45, 7) is 5.81. The minimum Gasteiger partial charge on any atom is -0.497 e. The summed E-state index contributed by atoms with van der Waals surface area (Å²) in [5.74, 6) is 0.995. The second-order valence-electron chi connectivity index (χ2n) is 6.01. The topological polar surface area (TPSA) is 24.5 Å². The van der Waals surface area contributed by atoms with Gasteiger partial charge < -0.3 is 10.1 Å². The van der Waals surface area contributed by atoms with Gasteiger partial charge in [0.1, 0.15) is 5.75 Å². The fourth-order valence-corrected chi connectivity index (χ4v) is 3.86. The lowest BCUT2D eigenvalue weighted by Crippen LogP contribution is -2.46. The Bertz CT molecular complexity index is 454. The maximum Gasteiger partial charge on any atom is 0.119 e. The van der Waals surface area contributed by atoms with Crippen molar-refractivity contribution in [2.24, 2.45) is 0 Å². The molecule has 1 aliphatic carbocycles. The highest BCUT2D eigenvalue weighted by molar-refractivity contribution is 5.38. The van der Waals surface area contributed by atoms with Crippen LogP contribution in [0.5, 0.6) is 5.75 Å². The Balaban J connectivity index is 1.75. The highest BCUT2D eigenvalue weighted by Gasteiger charge is 2.30. The molecular weight excluding hydrogens is 248 g/mol. The Kier molecular flexibility index (Phi) is 4.27. The Morgan fingerprint density at radius 2 is 2.15 bits per heavy atom. The number of hydrogen-bond donors (Lipinski definition) is 1.